The molecule has 0 bridgehead atoms. The lowest BCUT2D eigenvalue weighted by atomic mass is 9.95. The second-order valence-electron chi connectivity index (χ2n) is 7.06. The molecule has 1 atom stereocenters. The molecule has 1 amide bonds. The molecule has 158 valence electrons. The van der Waals surface area contributed by atoms with Crippen LogP contribution in [0.4, 0.5) is 0 Å². The molecule has 1 aromatic heterocycles. The zero-order chi connectivity index (χ0) is 22.0. The number of phenolic OH excluding ortho intramolecular Hbond substituents is 1. The van der Waals surface area contributed by atoms with Gasteiger partial charge in [-0.05, 0) is 61.0 Å². The van der Waals surface area contributed by atoms with Crippen molar-refractivity contribution in [3.05, 3.63) is 89.4 Å². The molecular weight excluding hydrogens is 398 g/mol. The number of Topliss-reactive ketones (excluding diaryl/α,β-unsaturated/α-hetero) is 1. The second kappa shape index (κ2) is 8.39. The molecule has 0 radical (unpaired) electrons. The van der Waals surface area contributed by atoms with Crippen molar-refractivity contribution in [1.82, 2.24) is 4.90 Å². The fraction of sp³-hybridized carbons (Fsp3) is 0.167. The largest absolute Gasteiger partial charge is 0.508 e. The predicted molar refractivity (Wildman–Crippen MR) is 112 cm³/mol. The van der Waals surface area contributed by atoms with E-state index in [0.717, 1.165) is 0 Å². The number of ether oxygens (including phenoxy) is 1. The normalized spacial score (nSPS) is 17.8. The van der Waals surface area contributed by atoms with Gasteiger partial charge in [-0.2, -0.15) is 0 Å². The molecule has 2 N–H and O–H groups in total. The first-order valence-electron chi connectivity index (χ1n) is 9.82. The van der Waals surface area contributed by atoms with Crippen molar-refractivity contribution in [3.63, 3.8) is 0 Å². The van der Waals surface area contributed by atoms with E-state index in [0.29, 0.717) is 29.2 Å². The minimum Gasteiger partial charge on any atom is -0.508 e. The van der Waals surface area contributed by atoms with Crippen molar-refractivity contribution in [2.75, 3.05) is 6.61 Å². The summed E-state index contributed by atoms with van der Waals surface area (Å²) in [6.07, 6.45) is 1.49. The molecule has 2 heterocycles. The smallest absolute Gasteiger partial charge is 0.296 e. The van der Waals surface area contributed by atoms with E-state index in [1.807, 2.05) is 6.92 Å². The molecule has 7 heteroatoms. The SMILES string of the molecule is CCOc1ccc(/C(O)=C2/C(=O)C(=O)N(Cc3ccco3)C2c2ccc(O)cc2)cc1. The summed E-state index contributed by atoms with van der Waals surface area (Å²) in [5, 5.41) is 20.7. The van der Waals surface area contributed by atoms with E-state index < -0.39 is 17.7 Å². The molecule has 1 aliphatic rings. The third-order valence-electron chi connectivity index (χ3n) is 5.09. The van der Waals surface area contributed by atoms with Gasteiger partial charge in [0.2, 0.25) is 0 Å². The van der Waals surface area contributed by atoms with E-state index in [-0.39, 0.29) is 23.6 Å². The number of aromatic hydroxyl groups is 1. The number of carbonyl (C=O) groups excluding carboxylic acids is 2. The number of aliphatic hydroxyl groups excluding tert-OH is 1. The monoisotopic (exact) mass is 419 g/mol. The molecule has 3 aromatic rings. The second-order valence-corrected chi connectivity index (χ2v) is 7.06. The zero-order valence-corrected chi connectivity index (χ0v) is 16.8. The average molecular weight is 419 g/mol. The summed E-state index contributed by atoms with van der Waals surface area (Å²) in [5.74, 6) is -0.600. The number of rotatable bonds is 6. The van der Waals surface area contributed by atoms with Gasteiger partial charge < -0.3 is 24.3 Å². The van der Waals surface area contributed by atoms with E-state index >= 15 is 0 Å². The molecular formula is C24H21NO6. The molecule has 4 rings (SSSR count). The van der Waals surface area contributed by atoms with Crippen LogP contribution >= 0.6 is 0 Å². The number of carbonyl (C=O) groups is 2. The van der Waals surface area contributed by atoms with Crippen molar-refractivity contribution >= 4 is 17.4 Å². The summed E-state index contributed by atoms with van der Waals surface area (Å²) in [6, 6.07) is 15.4. The van der Waals surface area contributed by atoms with Gasteiger partial charge in [0.05, 0.1) is 31.0 Å². The topological polar surface area (TPSA) is 100 Å². The number of hydrogen-bond acceptors (Lipinski definition) is 6. The number of furan rings is 1. The number of aliphatic hydroxyl groups is 1. The van der Waals surface area contributed by atoms with Gasteiger partial charge in [0, 0.05) is 5.56 Å². The number of likely N-dealkylation sites (tertiary alicyclic amines) is 1. The minimum atomic E-state index is -0.836. The molecule has 2 aromatic carbocycles. The van der Waals surface area contributed by atoms with E-state index in [9.17, 15) is 19.8 Å². The first kappa shape index (κ1) is 20.3. The van der Waals surface area contributed by atoms with Gasteiger partial charge in [-0.3, -0.25) is 9.59 Å². The number of benzene rings is 2. The van der Waals surface area contributed by atoms with Crippen LogP contribution in [0, 0.1) is 0 Å². The van der Waals surface area contributed by atoms with Gasteiger partial charge in [0.15, 0.2) is 0 Å². The van der Waals surface area contributed by atoms with Crippen LogP contribution in [0.3, 0.4) is 0 Å². The first-order valence-corrected chi connectivity index (χ1v) is 9.82. The summed E-state index contributed by atoms with van der Waals surface area (Å²) in [4.78, 5) is 27.2. The number of ketones is 1. The Labute approximate surface area is 178 Å². The molecule has 1 fully saturated rings. The number of nitrogens with zero attached hydrogens (tertiary/aromatic N) is 1. The molecule has 0 saturated carbocycles. The van der Waals surface area contributed by atoms with Crippen LogP contribution in [0.25, 0.3) is 5.76 Å². The van der Waals surface area contributed by atoms with E-state index in [2.05, 4.69) is 0 Å². The van der Waals surface area contributed by atoms with Gasteiger partial charge >= 0.3 is 0 Å². The van der Waals surface area contributed by atoms with E-state index in [4.69, 9.17) is 9.15 Å². The molecule has 0 aliphatic carbocycles. The highest BCUT2D eigenvalue weighted by molar-refractivity contribution is 6.46. The Morgan fingerprint density at radius 3 is 2.39 bits per heavy atom. The van der Waals surface area contributed by atoms with Crippen LogP contribution in [-0.2, 0) is 16.1 Å². The molecule has 1 unspecified atom stereocenters. The third kappa shape index (κ3) is 3.90. The lowest BCUT2D eigenvalue weighted by Gasteiger charge is -2.24. The summed E-state index contributed by atoms with van der Waals surface area (Å²) in [7, 11) is 0. The van der Waals surface area contributed by atoms with Crippen molar-refractivity contribution in [2.24, 2.45) is 0 Å². The zero-order valence-electron chi connectivity index (χ0n) is 16.8. The Morgan fingerprint density at radius 2 is 1.77 bits per heavy atom. The summed E-state index contributed by atoms with van der Waals surface area (Å²) < 4.78 is 10.8. The number of hydrogen-bond donors (Lipinski definition) is 2. The summed E-state index contributed by atoms with van der Waals surface area (Å²) >= 11 is 0. The van der Waals surface area contributed by atoms with Crippen LogP contribution in [0.15, 0.2) is 76.9 Å². The summed E-state index contributed by atoms with van der Waals surface area (Å²) in [6.45, 7) is 2.43. The van der Waals surface area contributed by atoms with Gasteiger partial charge in [0.25, 0.3) is 11.7 Å². The maximum absolute atomic E-state index is 13.0. The van der Waals surface area contributed by atoms with Crippen molar-refractivity contribution < 1.29 is 29.0 Å². The van der Waals surface area contributed by atoms with Crippen LogP contribution in [-0.4, -0.2) is 33.4 Å². The fourth-order valence-corrected chi connectivity index (χ4v) is 3.65. The van der Waals surface area contributed by atoms with Crippen molar-refractivity contribution in [1.29, 1.82) is 0 Å². The Balaban J connectivity index is 1.81. The Bertz CT molecular complexity index is 1110. The third-order valence-corrected chi connectivity index (χ3v) is 5.09. The molecule has 7 nitrogen and oxygen atoms in total. The highest BCUT2D eigenvalue weighted by Gasteiger charge is 2.46. The lowest BCUT2D eigenvalue weighted by Crippen LogP contribution is -2.29. The van der Waals surface area contributed by atoms with Crippen molar-refractivity contribution in [3.8, 4) is 11.5 Å². The maximum atomic E-state index is 13.0. The lowest BCUT2D eigenvalue weighted by molar-refractivity contribution is -0.140. The highest BCUT2D eigenvalue weighted by atomic mass is 16.5. The van der Waals surface area contributed by atoms with Gasteiger partial charge in [0.1, 0.15) is 23.0 Å². The average Bonchev–Trinajstić information content (AvgIpc) is 3.37. The fourth-order valence-electron chi connectivity index (χ4n) is 3.65. The predicted octanol–water partition coefficient (Wildman–Crippen LogP) is 4.01. The van der Waals surface area contributed by atoms with E-state index in [1.54, 1.807) is 48.5 Å². The molecule has 1 saturated heterocycles. The highest BCUT2D eigenvalue weighted by Crippen LogP contribution is 2.40. The van der Waals surface area contributed by atoms with E-state index in [1.165, 1.54) is 23.3 Å². The van der Waals surface area contributed by atoms with Gasteiger partial charge in [-0.25, -0.2) is 0 Å². The number of phenols is 1. The summed E-state index contributed by atoms with van der Waals surface area (Å²) in [5.41, 5.74) is 0.950. The standard InChI is InChI=1S/C24H21NO6/c1-2-30-18-11-7-16(8-12-18)22(27)20-21(15-5-9-17(26)10-6-15)25(24(29)23(20)28)14-19-4-3-13-31-19/h3-13,21,26-27H,2,14H2,1H3/b22-20-. The minimum absolute atomic E-state index is 0.0218. The molecule has 0 spiro atoms. The number of amides is 1. The van der Waals surface area contributed by atoms with Crippen LogP contribution in [0.1, 0.15) is 29.9 Å². The maximum Gasteiger partial charge on any atom is 0.296 e. The quantitative estimate of drug-likeness (QED) is 0.356. The van der Waals surface area contributed by atoms with Gasteiger partial charge in [-0.1, -0.05) is 12.1 Å². The Morgan fingerprint density at radius 1 is 1.06 bits per heavy atom. The van der Waals surface area contributed by atoms with Crippen LogP contribution in [0.2, 0.25) is 0 Å². The van der Waals surface area contributed by atoms with Crippen LogP contribution in [0.5, 0.6) is 11.5 Å². The van der Waals surface area contributed by atoms with Gasteiger partial charge in [-0.15, -0.1) is 0 Å². The van der Waals surface area contributed by atoms with Crippen LogP contribution < -0.4 is 4.74 Å². The first-order chi connectivity index (χ1) is 15.0. The van der Waals surface area contributed by atoms with Crippen molar-refractivity contribution in [2.45, 2.75) is 19.5 Å². The molecule has 1 aliphatic heterocycles. The molecule has 31 heavy (non-hydrogen) atoms. The Hall–Kier alpha value is -4.00. The Kier molecular flexibility index (Phi) is 5.49.